The molecule has 1 aliphatic rings. The Morgan fingerprint density at radius 3 is 2.27 bits per heavy atom. The fourth-order valence-corrected chi connectivity index (χ4v) is 3.04. The molecule has 0 aromatic heterocycles. The zero-order valence-electron chi connectivity index (χ0n) is 13.5. The molecule has 1 aromatic carbocycles. The Morgan fingerprint density at radius 1 is 1.18 bits per heavy atom. The number of carbonyl (C=O) groups excluding carboxylic acids is 1. The SMILES string of the molecule is COc1cc(CCC2CCN(CC(N)=O)CC2)cc(OC)c1. The van der Waals surface area contributed by atoms with Gasteiger partial charge in [0, 0.05) is 6.07 Å². The number of piperidine rings is 1. The molecular formula is C17H26N2O3. The quantitative estimate of drug-likeness (QED) is 0.835. The molecule has 0 atom stereocenters. The fourth-order valence-electron chi connectivity index (χ4n) is 3.04. The molecule has 1 aliphatic heterocycles. The average Bonchev–Trinajstić information content (AvgIpc) is 2.53. The molecule has 0 aliphatic carbocycles. The fraction of sp³-hybridized carbons (Fsp3) is 0.588. The maximum atomic E-state index is 10.9. The van der Waals surface area contributed by atoms with Crippen LogP contribution in [0.5, 0.6) is 11.5 Å². The summed E-state index contributed by atoms with van der Waals surface area (Å²) >= 11 is 0. The third-order valence-electron chi connectivity index (χ3n) is 4.34. The Balaban J connectivity index is 1.82. The Hall–Kier alpha value is -1.75. The summed E-state index contributed by atoms with van der Waals surface area (Å²) in [5.74, 6) is 2.15. The van der Waals surface area contributed by atoms with Crippen molar-refractivity contribution in [2.75, 3.05) is 33.9 Å². The van der Waals surface area contributed by atoms with E-state index >= 15 is 0 Å². The number of aryl methyl sites for hydroxylation is 1. The van der Waals surface area contributed by atoms with Crippen molar-refractivity contribution in [2.45, 2.75) is 25.7 Å². The molecule has 0 spiro atoms. The number of nitrogens with zero attached hydrogens (tertiary/aromatic N) is 1. The summed E-state index contributed by atoms with van der Waals surface area (Å²) in [4.78, 5) is 13.1. The van der Waals surface area contributed by atoms with Crippen molar-refractivity contribution >= 4 is 5.91 Å². The molecule has 5 heteroatoms. The molecule has 1 fully saturated rings. The second kappa shape index (κ2) is 8.03. The van der Waals surface area contributed by atoms with Gasteiger partial charge in [-0.3, -0.25) is 9.69 Å². The van der Waals surface area contributed by atoms with E-state index in [0.29, 0.717) is 12.5 Å². The van der Waals surface area contributed by atoms with Gasteiger partial charge < -0.3 is 15.2 Å². The summed E-state index contributed by atoms with van der Waals surface area (Å²) in [5, 5.41) is 0. The molecule has 0 radical (unpaired) electrons. The van der Waals surface area contributed by atoms with Crippen molar-refractivity contribution in [3.63, 3.8) is 0 Å². The third kappa shape index (κ3) is 4.91. The first-order valence-corrected chi connectivity index (χ1v) is 7.83. The monoisotopic (exact) mass is 306 g/mol. The van der Waals surface area contributed by atoms with E-state index in [4.69, 9.17) is 15.2 Å². The van der Waals surface area contributed by atoms with E-state index < -0.39 is 0 Å². The lowest BCUT2D eigenvalue weighted by Crippen LogP contribution is -2.39. The van der Waals surface area contributed by atoms with Crippen LogP contribution in [0.1, 0.15) is 24.8 Å². The number of carbonyl (C=O) groups is 1. The molecule has 1 aromatic rings. The molecule has 1 heterocycles. The van der Waals surface area contributed by atoms with E-state index in [-0.39, 0.29) is 5.91 Å². The van der Waals surface area contributed by atoms with E-state index in [1.807, 2.05) is 6.07 Å². The normalized spacial score (nSPS) is 16.5. The smallest absolute Gasteiger partial charge is 0.231 e. The van der Waals surface area contributed by atoms with Crippen molar-refractivity contribution in [3.05, 3.63) is 23.8 Å². The molecule has 2 N–H and O–H groups in total. The highest BCUT2D eigenvalue weighted by molar-refractivity contribution is 5.75. The second-order valence-corrected chi connectivity index (χ2v) is 5.95. The highest BCUT2D eigenvalue weighted by atomic mass is 16.5. The number of benzene rings is 1. The van der Waals surface area contributed by atoms with Crippen LogP contribution in [-0.4, -0.2) is 44.7 Å². The summed E-state index contributed by atoms with van der Waals surface area (Å²) < 4.78 is 10.6. The lowest BCUT2D eigenvalue weighted by Gasteiger charge is -2.31. The van der Waals surface area contributed by atoms with Gasteiger partial charge in [0.15, 0.2) is 0 Å². The number of nitrogens with two attached hydrogens (primary N) is 1. The molecule has 0 bridgehead atoms. The number of primary amides is 1. The van der Waals surface area contributed by atoms with Gasteiger partial charge in [-0.25, -0.2) is 0 Å². The van der Waals surface area contributed by atoms with Crippen LogP contribution in [0.4, 0.5) is 0 Å². The van der Waals surface area contributed by atoms with Crippen LogP contribution in [0.2, 0.25) is 0 Å². The van der Waals surface area contributed by atoms with Crippen LogP contribution in [0.15, 0.2) is 18.2 Å². The van der Waals surface area contributed by atoms with Crippen LogP contribution in [-0.2, 0) is 11.2 Å². The average molecular weight is 306 g/mol. The number of ether oxygens (including phenoxy) is 2. The largest absolute Gasteiger partial charge is 0.497 e. The second-order valence-electron chi connectivity index (χ2n) is 5.95. The van der Waals surface area contributed by atoms with Gasteiger partial charge in [0.05, 0.1) is 20.8 Å². The van der Waals surface area contributed by atoms with Crippen LogP contribution in [0.25, 0.3) is 0 Å². The first-order chi connectivity index (χ1) is 10.6. The molecule has 22 heavy (non-hydrogen) atoms. The molecular weight excluding hydrogens is 280 g/mol. The summed E-state index contributed by atoms with van der Waals surface area (Å²) in [5.41, 5.74) is 6.49. The van der Waals surface area contributed by atoms with E-state index in [9.17, 15) is 4.79 Å². The van der Waals surface area contributed by atoms with Crippen LogP contribution >= 0.6 is 0 Å². The number of hydrogen-bond donors (Lipinski definition) is 1. The van der Waals surface area contributed by atoms with Gasteiger partial charge in [-0.15, -0.1) is 0 Å². The lowest BCUT2D eigenvalue weighted by molar-refractivity contribution is -0.119. The Morgan fingerprint density at radius 2 is 1.77 bits per heavy atom. The van der Waals surface area contributed by atoms with Crippen LogP contribution in [0, 0.1) is 5.92 Å². The maximum absolute atomic E-state index is 10.9. The number of likely N-dealkylation sites (tertiary alicyclic amines) is 1. The van der Waals surface area contributed by atoms with E-state index in [1.165, 1.54) is 5.56 Å². The van der Waals surface area contributed by atoms with Gasteiger partial charge in [0.1, 0.15) is 11.5 Å². The van der Waals surface area contributed by atoms with E-state index in [1.54, 1.807) is 14.2 Å². The number of hydrogen-bond acceptors (Lipinski definition) is 4. The topological polar surface area (TPSA) is 64.8 Å². The summed E-state index contributed by atoms with van der Waals surface area (Å²) in [6.07, 6.45) is 4.44. The predicted octanol–water partition coefficient (Wildman–Crippen LogP) is 1.83. The van der Waals surface area contributed by atoms with Crippen molar-refractivity contribution in [3.8, 4) is 11.5 Å². The van der Waals surface area contributed by atoms with E-state index in [2.05, 4.69) is 17.0 Å². The Kier molecular flexibility index (Phi) is 6.07. The zero-order valence-corrected chi connectivity index (χ0v) is 13.5. The maximum Gasteiger partial charge on any atom is 0.231 e. The van der Waals surface area contributed by atoms with Gasteiger partial charge in [-0.2, -0.15) is 0 Å². The lowest BCUT2D eigenvalue weighted by atomic mass is 9.90. The first kappa shape index (κ1) is 16.6. The number of methoxy groups -OCH3 is 2. The number of amides is 1. The van der Waals surface area contributed by atoms with Gasteiger partial charge in [-0.05, 0) is 62.4 Å². The zero-order chi connectivity index (χ0) is 15.9. The molecule has 1 saturated heterocycles. The highest BCUT2D eigenvalue weighted by Gasteiger charge is 2.20. The number of rotatable bonds is 7. The minimum absolute atomic E-state index is 0.234. The summed E-state index contributed by atoms with van der Waals surface area (Å²) in [7, 11) is 3.35. The first-order valence-electron chi connectivity index (χ1n) is 7.83. The van der Waals surface area contributed by atoms with E-state index in [0.717, 1.165) is 50.3 Å². The van der Waals surface area contributed by atoms with Crippen molar-refractivity contribution in [1.82, 2.24) is 4.90 Å². The van der Waals surface area contributed by atoms with Crippen molar-refractivity contribution < 1.29 is 14.3 Å². The van der Waals surface area contributed by atoms with Gasteiger partial charge in [0.2, 0.25) is 5.91 Å². The molecule has 5 nitrogen and oxygen atoms in total. The Labute approximate surface area is 132 Å². The van der Waals surface area contributed by atoms with Crippen molar-refractivity contribution in [2.24, 2.45) is 11.7 Å². The Bertz CT molecular complexity index is 474. The molecule has 2 rings (SSSR count). The standard InChI is InChI=1S/C17H26N2O3/c1-21-15-9-14(10-16(11-15)22-2)4-3-13-5-7-19(8-6-13)12-17(18)20/h9-11,13H,3-8,12H2,1-2H3,(H2,18,20). The van der Waals surface area contributed by atoms with Gasteiger partial charge >= 0.3 is 0 Å². The molecule has 122 valence electrons. The predicted molar refractivity (Wildman–Crippen MR) is 86.2 cm³/mol. The highest BCUT2D eigenvalue weighted by Crippen LogP contribution is 2.26. The summed E-state index contributed by atoms with van der Waals surface area (Å²) in [6, 6.07) is 6.04. The van der Waals surface area contributed by atoms with Gasteiger partial charge in [0.25, 0.3) is 0 Å². The molecule has 0 saturated carbocycles. The summed E-state index contributed by atoms with van der Waals surface area (Å²) in [6.45, 7) is 2.32. The van der Waals surface area contributed by atoms with Crippen LogP contribution < -0.4 is 15.2 Å². The minimum atomic E-state index is -0.234. The van der Waals surface area contributed by atoms with Crippen LogP contribution in [0.3, 0.4) is 0 Å². The van der Waals surface area contributed by atoms with Gasteiger partial charge in [-0.1, -0.05) is 0 Å². The molecule has 0 unspecified atom stereocenters. The van der Waals surface area contributed by atoms with Crippen molar-refractivity contribution in [1.29, 1.82) is 0 Å². The third-order valence-corrected chi connectivity index (χ3v) is 4.34. The minimum Gasteiger partial charge on any atom is -0.497 e. The molecule has 1 amide bonds.